The van der Waals surface area contributed by atoms with Crippen molar-refractivity contribution in [1.82, 2.24) is 20.2 Å². The number of benzene rings is 2. The van der Waals surface area contributed by atoms with E-state index in [0.29, 0.717) is 29.7 Å². The van der Waals surface area contributed by atoms with Crippen LogP contribution in [0, 0.1) is 23.7 Å². The van der Waals surface area contributed by atoms with Crippen molar-refractivity contribution >= 4 is 6.09 Å². The van der Waals surface area contributed by atoms with Crippen LogP contribution in [-0.4, -0.2) is 64.9 Å². The van der Waals surface area contributed by atoms with Gasteiger partial charge in [0, 0.05) is 24.2 Å². The van der Waals surface area contributed by atoms with Gasteiger partial charge in [0.05, 0.1) is 24.6 Å². The molecule has 2 aliphatic carbocycles. The van der Waals surface area contributed by atoms with Gasteiger partial charge in [0.1, 0.15) is 29.6 Å². The van der Waals surface area contributed by atoms with Crippen LogP contribution in [-0.2, 0) is 4.74 Å². The SMILES string of the molecule is CC(C)(C)OC(=O)N1C[C@H]2CC(Oc3cccc(-c4ncco4)c3)C[C@H]2C1.c1cc(OC2C[C@H]3CNC[C@H]3C2)cc(-c2ncco2)c1. The van der Waals surface area contributed by atoms with E-state index in [1.807, 2.05) is 74.2 Å². The lowest BCUT2D eigenvalue weighted by molar-refractivity contribution is 0.0272. The van der Waals surface area contributed by atoms with E-state index in [4.69, 9.17) is 23.0 Å². The van der Waals surface area contributed by atoms with Gasteiger partial charge in [-0.2, -0.15) is 0 Å². The van der Waals surface area contributed by atoms with E-state index in [1.165, 1.54) is 12.8 Å². The highest BCUT2D eigenvalue weighted by Gasteiger charge is 2.44. The number of hydrogen-bond donors (Lipinski definition) is 1. The Morgan fingerprint density at radius 1 is 0.766 bits per heavy atom. The van der Waals surface area contributed by atoms with Gasteiger partial charge in [0.25, 0.3) is 0 Å². The second-order valence-corrected chi connectivity index (χ2v) is 14.2. The summed E-state index contributed by atoms with van der Waals surface area (Å²) in [6, 6.07) is 15.9. The maximum atomic E-state index is 12.3. The van der Waals surface area contributed by atoms with E-state index in [2.05, 4.69) is 15.3 Å². The molecule has 0 spiro atoms. The molecule has 4 aliphatic rings. The summed E-state index contributed by atoms with van der Waals surface area (Å²) < 4.78 is 28.6. The number of amides is 1. The summed E-state index contributed by atoms with van der Waals surface area (Å²) in [5.41, 5.74) is 1.42. The Morgan fingerprint density at radius 3 is 1.70 bits per heavy atom. The molecule has 4 heterocycles. The van der Waals surface area contributed by atoms with Gasteiger partial charge in [0.2, 0.25) is 11.8 Å². The molecule has 2 aromatic heterocycles. The van der Waals surface area contributed by atoms with Crippen molar-refractivity contribution < 1.29 is 27.8 Å². The molecule has 2 saturated heterocycles. The molecule has 47 heavy (non-hydrogen) atoms. The highest BCUT2D eigenvalue weighted by atomic mass is 16.6. The van der Waals surface area contributed by atoms with Crippen molar-refractivity contribution in [3.8, 4) is 34.4 Å². The smallest absolute Gasteiger partial charge is 0.410 e. The first-order valence-electron chi connectivity index (χ1n) is 16.8. The van der Waals surface area contributed by atoms with Gasteiger partial charge in [0.15, 0.2) is 0 Å². The number of hydrogen-bond acceptors (Lipinski definition) is 9. The Hall–Kier alpha value is -4.31. The Kier molecular flexibility index (Phi) is 8.94. The molecule has 2 aromatic carbocycles. The topological polar surface area (TPSA) is 112 Å². The predicted molar refractivity (Wildman–Crippen MR) is 176 cm³/mol. The third-order valence-corrected chi connectivity index (χ3v) is 9.60. The highest BCUT2D eigenvalue weighted by molar-refractivity contribution is 5.68. The predicted octanol–water partition coefficient (Wildman–Crippen LogP) is 7.08. The van der Waals surface area contributed by atoms with Gasteiger partial charge in [-0.1, -0.05) is 12.1 Å². The van der Waals surface area contributed by atoms with E-state index >= 15 is 0 Å². The Morgan fingerprint density at radius 2 is 1.26 bits per heavy atom. The molecule has 10 nitrogen and oxygen atoms in total. The summed E-state index contributed by atoms with van der Waals surface area (Å²) in [5.74, 6) is 5.55. The zero-order valence-electron chi connectivity index (χ0n) is 27.3. The number of nitrogens with zero attached hydrogens (tertiary/aromatic N) is 3. The van der Waals surface area contributed by atoms with E-state index in [1.54, 1.807) is 24.9 Å². The standard InChI is InChI=1S/C21H26N2O4.C16H18N2O2/c1-21(2,3)27-20(24)23-12-15-10-18(11-16(15)13-23)26-17-6-4-5-14(9-17)19-22-7-8-25-19;1-2-11(16-18-4-5-19-16)6-14(3-1)20-15-7-12-9-17-10-13(12)8-15/h4-9,15-16,18H,10-13H2,1-3H3;1-6,12-13,15,17H,7-10H2/t15-,16+,18?;12-,13+,15?. The van der Waals surface area contributed by atoms with Crippen LogP contribution in [0.5, 0.6) is 11.5 Å². The molecule has 4 aromatic rings. The lowest BCUT2D eigenvalue weighted by atomic mass is 10.0. The summed E-state index contributed by atoms with van der Waals surface area (Å²) in [6.45, 7) is 9.53. The summed E-state index contributed by atoms with van der Waals surface area (Å²) in [6.07, 6.45) is 11.1. The molecular formula is C37H44N4O6. The van der Waals surface area contributed by atoms with Crippen molar-refractivity contribution in [2.75, 3.05) is 26.2 Å². The molecule has 8 rings (SSSR count). The number of nitrogens with one attached hydrogen (secondary N) is 1. The van der Waals surface area contributed by atoms with Gasteiger partial charge < -0.3 is 33.3 Å². The summed E-state index contributed by atoms with van der Waals surface area (Å²) in [4.78, 5) is 22.5. The van der Waals surface area contributed by atoms with Crippen LogP contribution in [0.25, 0.3) is 22.9 Å². The van der Waals surface area contributed by atoms with E-state index in [9.17, 15) is 4.79 Å². The highest BCUT2D eigenvalue weighted by Crippen LogP contribution is 2.41. The number of carbonyl (C=O) groups is 1. The second-order valence-electron chi connectivity index (χ2n) is 14.2. The Balaban J connectivity index is 0.000000156. The lowest BCUT2D eigenvalue weighted by Crippen LogP contribution is -2.36. The zero-order valence-corrected chi connectivity index (χ0v) is 27.3. The Labute approximate surface area is 275 Å². The number of ether oxygens (including phenoxy) is 3. The fourth-order valence-corrected chi connectivity index (χ4v) is 7.54. The molecule has 1 amide bonds. The molecule has 0 radical (unpaired) electrons. The number of aromatic nitrogens is 2. The minimum absolute atomic E-state index is 0.181. The largest absolute Gasteiger partial charge is 0.490 e. The fourth-order valence-electron chi connectivity index (χ4n) is 7.54. The van der Waals surface area contributed by atoms with Gasteiger partial charge in [-0.15, -0.1) is 0 Å². The van der Waals surface area contributed by atoms with E-state index in [-0.39, 0.29) is 12.2 Å². The molecule has 0 bridgehead atoms. The van der Waals surface area contributed by atoms with Gasteiger partial charge >= 0.3 is 6.09 Å². The van der Waals surface area contributed by atoms with Crippen LogP contribution >= 0.6 is 0 Å². The van der Waals surface area contributed by atoms with Gasteiger partial charge in [-0.3, -0.25) is 0 Å². The number of fused-ring (bicyclic) bond motifs is 2. The van der Waals surface area contributed by atoms with Gasteiger partial charge in [-0.05, 0) is 120 Å². The maximum absolute atomic E-state index is 12.3. The van der Waals surface area contributed by atoms with Crippen LogP contribution in [0.3, 0.4) is 0 Å². The zero-order chi connectivity index (χ0) is 32.4. The quantitative estimate of drug-likeness (QED) is 0.236. The molecule has 2 saturated carbocycles. The summed E-state index contributed by atoms with van der Waals surface area (Å²) in [5, 5.41) is 3.46. The number of oxazole rings is 2. The van der Waals surface area contributed by atoms with Crippen LogP contribution in [0.4, 0.5) is 4.79 Å². The third-order valence-electron chi connectivity index (χ3n) is 9.60. The van der Waals surface area contributed by atoms with Gasteiger partial charge in [-0.25, -0.2) is 14.8 Å². The normalized spacial score (nSPS) is 26.3. The molecule has 248 valence electrons. The average molecular weight is 641 g/mol. The molecular weight excluding hydrogens is 596 g/mol. The fraction of sp³-hybridized carbons (Fsp3) is 0.486. The molecule has 4 fully saturated rings. The van der Waals surface area contributed by atoms with Crippen molar-refractivity contribution in [2.24, 2.45) is 23.7 Å². The first-order chi connectivity index (χ1) is 22.8. The number of rotatable bonds is 6. The number of likely N-dealkylation sites (tertiary alicyclic amines) is 1. The molecule has 1 N–H and O–H groups in total. The number of carbonyl (C=O) groups excluding carboxylic acids is 1. The van der Waals surface area contributed by atoms with E-state index in [0.717, 1.165) is 73.5 Å². The first-order valence-corrected chi connectivity index (χ1v) is 16.8. The molecule has 2 aliphatic heterocycles. The van der Waals surface area contributed by atoms with Crippen molar-refractivity contribution in [2.45, 2.75) is 64.3 Å². The lowest BCUT2D eigenvalue weighted by Gasteiger charge is -2.25. The Bertz CT molecular complexity index is 1590. The molecule has 2 unspecified atom stereocenters. The van der Waals surface area contributed by atoms with Crippen LogP contribution in [0.1, 0.15) is 46.5 Å². The van der Waals surface area contributed by atoms with Crippen LogP contribution in [0.2, 0.25) is 0 Å². The monoisotopic (exact) mass is 640 g/mol. The molecule has 6 atom stereocenters. The first kappa shape index (κ1) is 31.3. The van der Waals surface area contributed by atoms with Crippen molar-refractivity contribution in [3.63, 3.8) is 0 Å². The summed E-state index contributed by atoms with van der Waals surface area (Å²) >= 11 is 0. The van der Waals surface area contributed by atoms with E-state index < -0.39 is 5.60 Å². The average Bonchev–Trinajstić information content (AvgIpc) is 3.87. The third kappa shape index (κ3) is 7.64. The van der Waals surface area contributed by atoms with Crippen LogP contribution < -0.4 is 14.8 Å². The van der Waals surface area contributed by atoms with Crippen molar-refractivity contribution in [1.29, 1.82) is 0 Å². The second kappa shape index (κ2) is 13.4. The summed E-state index contributed by atoms with van der Waals surface area (Å²) in [7, 11) is 0. The maximum Gasteiger partial charge on any atom is 0.410 e. The molecule has 10 heteroatoms. The van der Waals surface area contributed by atoms with Crippen molar-refractivity contribution in [3.05, 3.63) is 73.5 Å². The van der Waals surface area contributed by atoms with Crippen LogP contribution in [0.15, 0.2) is 82.3 Å². The minimum Gasteiger partial charge on any atom is -0.490 e. The minimum atomic E-state index is -0.450.